The Labute approximate surface area is 133 Å². The van der Waals surface area contributed by atoms with Gasteiger partial charge in [0.25, 0.3) is 5.91 Å². The maximum atomic E-state index is 12.5. The summed E-state index contributed by atoms with van der Waals surface area (Å²) in [6.45, 7) is 2.46. The molecular weight excluding hydrogens is 296 g/mol. The van der Waals surface area contributed by atoms with Crippen molar-refractivity contribution in [3.63, 3.8) is 0 Å². The first-order chi connectivity index (χ1) is 11.1. The molecule has 1 aliphatic rings. The van der Waals surface area contributed by atoms with Crippen molar-refractivity contribution in [2.75, 3.05) is 31.1 Å². The van der Waals surface area contributed by atoms with Crippen molar-refractivity contribution < 1.29 is 14.7 Å². The lowest BCUT2D eigenvalue weighted by molar-refractivity contribution is 0.0697. The Hall–Kier alpha value is -2.96. The van der Waals surface area contributed by atoms with Gasteiger partial charge in [-0.3, -0.25) is 9.78 Å². The molecule has 0 unspecified atom stereocenters. The highest BCUT2D eigenvalue weighted by atomic mass is 16.4. The van der Waals surface area contributed by atoms with Gasteiger partial charge in [-0.1, -0.05) is 6.07 Å². The highest BCUT2D eigenvalue weighted by Gasteiger charge is 2.23. The summed E-state index contributed by atoms with van der Waals surface area (Å²) in [5.74, 6) is -0.383. The van der Waals surface area contributed by atoms with Gasteiger partial charge in [0.05, 0.1) is 11.8 Å². The molecule has 1 amide bonds. The van der Waals surface area contributed by atoms with Crippen LogP contribution in [0.5, 0.6) is 0 Å². The first-order valence-corrected chi connectivity index (χ1v) is 7.29. The van der Waals surface area contributed by atoms with E-state index in [2.05, 4.69) is 14.9 Å². The van der Waals surface area contributed by atoms with Crippen molar-refractivity contribution in [3.05, 3.63) is 54.0 Å². The van der Waals surface area contributed by atoms with Crippen LogP contribution in [0, 0.1) is 0 Å². The van der Waals surface area contributed by atoms with Gasteiger partial charge in [0.1, 0.15) is 5.82 Å². The molecule has 3 rings (SSSR count). The molecule has 0 bridgehead atoms. The first-order valence-electron chi connectivity index (χ1n) is 7.29. The Balaban J connectivity index is 1.66. The second kappa shape index (κ2) is 6.43. The standard InChI is InChI=1S/C16H16N4O3/c21-15(12-2-1-3-13(10-12)16(22)23)20-8-6-19(7-9-20)14-11-17-4-5-18-14/h1-5,10-11H,6-9H2,(H,22,23). The number of aromatic nitrogens is 2. The summed E-state index contributed by atoms with van der Waals surface area (Å²) in [5.41, 5.74) is 0.520. The van der Waals surface area contributed by atoms with Crippen molar-refractivity contribution >= 4 is 17.7 Å². The topological polar surface area (TPSA) is 86.6 Å². The lowest BCUT2D eigenvalue weighted by Gasteiger charge is -2.35. The first kappa shape index (κ1) is 15.0. The minimum Gasteiger partial charge on any atom is -0.478 e. The van der Waals surface area contributed by atoms with Crippen LogP contribution in [-0.4, -0.2) is 58.0 Å². The fourth-order valence-corrected chi connectivity index (χ4v) is 2.56. The number of carboxylic acid groups (broad SMARTS) is 1. The fourth-order valence-electron chi connectivity index (χ4n) is 2.56. The molecule has 0 spiro atoms. The average molecular weight is 312 g/mol. The molecule has 7 heteroatoms. The summed E-state index contributed by atoms with van der Waals surface area (Å²) in [7, 11) is 0. The van der Waals surface area contributed by atoms with Crippen LogP contribution in [0.4, 0.5) is 5.82 Å². The summed E-state index contributed by atoms with van der Waals surface area (Å²) in [5, 5.41) is 9.02. The molecule has 1 N–H and O–H groups in total. The molecule has 1 aromatic carbocycles. The Morgan fingerprint density at radius 2 is 1.78 bits per heavy atom. The molecule has 1 fully saturated rings. The van der Waals surface area contributed by atoms with Gasteiger partial charge < -0.3 is 14.9 Å². The molecular formula is C16H16N4O3. The van der Waals surface area contributed by atoms with Gasteiger partial charge in [-0.05, 0) is 18.2 Å². The summed E-state index contributed by atoms with van der Waals surface area (Å²) in [6.07, 6.45) is 4.97. The van der Waals surface area contributed by atoms with E-state index in [0.717, 1.165) is 5.82 Å². The SMILES string of the molecule is O=C(O)c1cccc(C(=O)N2CCN(c3cnccn3)CC2)c1. The minimum atomic E-state index is -1.04. The fraction of sp³-hybridized carbons (Fsp3) is 0.250. The predicted molar refractivity (Wildman–Crippen MR) is 83.5 cm³/mol. The molecule has 7 nitrogen and oxygen atoms in total. The highest BCUT2D eigenvalue weighted by molar-refractivity contribution is 5.97. The molecule has 0 saturated carbocycles. The van der Waals surface area contributed by atoms with Crippen molar-refractivity contribution in [2.24, 2.45) is 0 Å². The van der Waals surface area contributed by atoms with Gasteiger partial charge in [-0.2, -0.15) is 0 Å². The van der Waals surface area contributed by atoms with Crippen LogP contribution in [0.3, 0.4) is 0 Å². The zero-order valence-electron chi connectivity index (χ0n) is 12.4. The second-order valence-electron chi connectivity index (χ2n) is 5.23. The lowest BCUT2D eigenvalue weighted by Crippen LogP contribution is -2.49. The third kappa shape index (κ3) is 3.28. The molecule has 0 atom stereocenters. The van der Waals surface area contributed by atoms with Crippen molar-refractivity contribution in [1.82, 2.24) is 14.9 Å². The minimum absolute atomic E-state index is 0.119. The molecule has 23 heavy (non-hydrogen) atoms. The quantitative estimate of drug-likeness (QED) is 0.914. The number of piperazine rings is 1. The number of aromatic carboxylic acids is 1. The van der Waals surface area contributed by atoms with E-state index < -0.39 is 5.97 Å². The molecule has 0 aliphatic carbocycles. The Bertz CT molecular complexity index is 712. The van der Waals surface area contributed by atoms with Crippen LogP contribution in [0.1, 0.15) is 20.7 Å². The van der Waals surface area contributed by atoms with Crippen molar-refractivity contribution in [2.45, 2.75) is 0 Å². The Morgan fingerprint density at radius 1 is 1.04 bits per heavy atom. The number of anilines is 1. The second-order valence-corrected chi connectivity index (χ2v) is 5.23. The van der Waals surface area contributed by atoms with Crippen molar-refractivity contribution in [1.29, 1.82) is 0 Å². The van der Waals surface area contributed by atoms with Gasteiger partial charge in [0.15, 0.2) is 0 Å². The van der Waals surface area contributed by atoms with Crippen LogP contribution in [0.2, 0.25) is 0 Å². The molecule has 1 aliphatic heterocycles. The zero-order valence-corrected chi connectivity index (χ0v) is 12.4. The maximum Gasteiger partial charge on any atom is 0.335 e. The summed E-state index contributed by atoms with van der Waals surface area (Å²) in [4.78, 5) is 35.6. The molecule has 118 valence electrons. The zero-order chi connectivity index (χ0) is 16.2. The van der Waals surface area contributed by atoms with Crippen molar-refractivity contribution in [3.8, 4) is 0 Å². The maximum absolute atomic E-state index is 12.5. The largest absolute Gasteiger partial charge is 0.478 e. The third-order valence-electron chi connectivity index (χ3n) is 3.80. The number of rotatable bonds is 3. The van der Waals surface area contributed by atoms with Crippen LogP contribution in [-0.2, 0) is 0 Å². The lowest BCUT2D eigenvalue weighted by atomic mass is 10.1. The van der Waals surface area contributed by atoms with E-state index in [1.54, 1.807) is 35.6 Å². The molecule has 2 heterocycles. The number of amides is 1. The number of hydrogen-bond acceptors (Lipinski definition) is 5. The molecule has 2 aromatic rings. The number of hydrogen-bond donors (Lipinski definition) is 1. The number of carbonyl (C=O) groups is 2. The van der Waals surface area contributed by atoms with E-state index in [1.807, 2.05) is 0 Å². The molecule has 0 radical (unpaired) electrons. The van der Waals surface area contributed by atoms with E-state index in [0.29, 0.717) is 31.7 Å². The summed E-state index contributed by atoms with van der Waals surface area (Å²) in [6, 6.07) is 6.13. The normalized spacial score (nSPS) is 14.6. The average Bonchev–Trinajstić information content (AvgIpc) is 2.62. The number of nitrogens with zero attached hydrogens (tertiary/aromatic N) is 4. The Kier molecular flexibility index (Phi) is 4.18. The summed E-state index contributed by atoms with van der Waals surface area (Å²) >= 11 is 0. The van der Waals surface area contributed by atoms with Crippen LogP contribution < -0.4 is 4.90 Å². The van der Waals surface area contributed by atoms with Gasteiger partial charge in [0.2, 0.25) is 0 Å². The van der Waals surface area contributed by atoms with Crippen LogP contribution >= 0.6 is 0 Å². The van der Waals surface area contributed by atoms with E-state index in [9.17, 15) is 9.59 Å². The van der Waals surface area contributed by atoms with Crippen LogP contribution in [0.15, 0.2) is 42.9 Å². The number of benzene rings is 1. The van der Waals surface area contributed by atoms with E-state index in [4.69, 9.17) is 5.11 Å². The molecule has 1 aromatic heterocycles. The number of carboxylic acids is 1. The van der Waals surface area contributed by atoms with E-state index in [-0.39, 0.29) is 11.5 Å². The molecule has 1 saturated heterocycles. The monoisotopic (exact) mass is 312 g/mol. The highest BCUT2D eigenvalue weighted by Crippen LogP contribution is 2.14. The third-order valence-corrected chi connectivity index (χ3v) is 3.80. The van der Waals surface area contributed by atoms with Crippen LogP contribution in [0.25, 0.3) is 0 Å². The van der Waals surface area contributed by atoms with E-state index >= 15 is 0 Å². The van der Waals surface area contributed by atoms with Gasteiger partial charge in [-0.15, -0.1) is 0 Å². The van der Waals surface area contributed by atoms with E-state index in [1.165, 1.54) is 12.1 Å². The predicted octanol–water partition coefficient (Wildman–Crippen LogP) is 1.14. The Morgan fingerprint density at radius 3 is 2.43 bits per heavy atom. The number of carbonyl (C=O) groups excluding carboxylic acids is 1. The van der Waals surface area contributed by atoms with Gasteiger partial charge >= 0.3 is 5.97 Å². The van der Waals surface area contributed by atoms with Gasteiger partial charge in [0, 0.05) is 44.1 Å². The smallest absolute Gasteiger partial charge is 0.335 e. The summed E-state index contributed by atoms with van der Waals surface area (Å²) < 4.78 is 0. The van der Waals surface area contributed by atoms with Gasteiger partial charge in [-0.25, -0.2) is 9.78 Å².